The highest BCUT2D eigenvalue weighted by Gasteiger charge is 2.45. The number of ether oxygens (including phenoxy) is 1. The van der Waals surface area contributed by atoms with Crippen LogP contribution in [0.5, 0.6) is 5.75 Å². The van der Waals surface area contributed by atoms with Crippen LogP contribution < -0.4 is 4.74 Å². The second-order valence-corrected chi connectivity index (χ2v) is 8.95. The Labute approximate surface area is 170 Å². The Morgan fingerprint density at radius 1 is 0.897 bits per heavy atom. The zero-order chi connectivity index (χ0) is 21.2. The Hall–Kier alpha value is -1.33. The Morgan fingerprint density at radius 3 is 2.00 bits per heavy atom. The van der Waals surface area contributed by atoms with E-state index < -0.39 is 40.8 Å². The van der Waals surface area contributed by atoms with E-state index in [1.54, 1.807) is 0 Å². The van der Waals surface area contributed by atoms with Gasteiger partial charge in [-0.3, -0.25) is 0 Å². The summed E-state index contributed by atoms with van der Waals surface area (Å²) in [5, 5.41) is 0. The third-order valence-electron chi connectivity index (χ3n) is 7.11. The smallest absolute Gasteiger partial charge is 0.400 e. The third kappa shape index (κ3) is 5.05. The highest BCUT2D eigenvalue weighted by Crippen LogP contribution is 2.46. The Kier molecular flexibility index (Phi) is 7.10. The molecule has 2 aliphatic carbocycles. The summed E-state index contributed by atoms with van der Waals surface area (Å²) in [6.45, 7) is 3.32. The van der Waals surface area contributed by atoms with E-state index in [1.807, 2.05) is 0 Å². The molecule has 0 heterocycles. The van der Waals surface area contributed by atoms with Gasteiger partial charge < -0.3 is 4.74 Å². The van der Waals surface area contributed by atoms with Gasteiger partial charge in [-0.05, 0) is 63.2 Å². The first-order valence-electron chi connectivity index (χ1n) is 10.9. The molecule has 0 radical (unpaired) electrons. The summed E-state index contributed by atoms with van der Waals surface area (Å²) in [6.07, 6.45) is 5.98. The number of hydrogen-bond acceptors (Lipinski definition) is 1. The van der Waals surface area contributed by atoms with Crippen LogP contribution in [0.4, 0.5) is 22.0 Å². The molecule has 0 aromatic heterocycles. The van der Waals surface area contributed by atoms with Gasteiger partial charge in [0.2, 0.25) is 0 Å². The first-order chi connectivity index (χ1) is 13.7. The van der Waals surface area contributed by atoms with Gasteiger partial charge in [-0.15, -0.1) is 0 Å². The zero-order valence-electron chi connectivity index (χ0n) is 17.3. The van der Waals surface area contributed by atoms with Crippen molar-refractivity contribution in [2.24, 2.45) is 23.7 Å². The van der Waals surface area contributed by atoms with Crippen LogP contribution in [0.15, 0.2) is 6.07 Å². The van der Waals surface area contributed by atoms with Gasteiger partial charge >= 0.3 is 6.11 Å². The molecule has 0 aliphatic heterocycles. The van der Waals surface area contributed by atoms with Crippen LogP contribution in [0.3, 0.4) is 0 Å². The van der Waals surface area contributed by atoms with Crippen LogP contribution in [0.25, 0.3) is 0 Å². The molecule has 1 aromatic carbocycles. The largest absolute Gasteiger partial charge is 0.432 e. The fourth-order valence-electron chi connectivity index (χ4n) is 5.28. The van der Waals surface area contributed by atoms with Gasteiger partial charge in [0.05, 0.1) is 5.92 Å². The Bertz CT molecular complexity index is 689. The van der Waals surface area contributed by atoms with E-state index in [2.05, 4.69) is 6.92 Å². The minimum atomic E-state index is -3.54. The second kappa shape index (κ2) is 9.22. The van der Waals surface area contributed by atoms with Crippen LogP contribution in [-0.4, -0.2) is 6.11 Å². The highest BCUT2D eigenvalue weighted by atomic mass is 19.3. The second-order valence-electron chi connectivity index (χ2n) is 8.95. The van der Waals surface area contributed by atoms with E-state index in [9.17, 15) is 22.0 Å². The maximum absolute atomic E-state index is 14.7. The Morgan fingerprint density at radius 2 is 1.45 bits per heavy atom. The summed E-state index contributed by atoms with van der Waals surface area (Å²) in [5.74, 6) is -4.39. The maximum atomic E-state index is 14.7. The number of alkyl halides is 2. The quantitative estimate of drug-likeness (QED) is 0.338. The predicted molar refractivity (Wildman–Crippen MR) is 102 cm³/mol. The van der Waals surface area contributed by atoms with Crippen LogP contribution >= 0.6 is 0 Å². The molecule has 1 aromatic rings. The van der Waals surface area contributed by atoms with Crippen molar-refractivity contribution in [2.45, 2.75) is 84.2 Å². The van der Waals surface area contributed by atoms with Gasteiger partial charge in [-0.2, -0.15) is 8.78 Å². The van der Waals surface area contributed by atoms with Crippen molar-refractivity contribution in [3.63, 3.8) is 0 Å². The van der Waals surface area contributed by atoms with Gasteiger partial charge in [0, 0.05) is 11.6 Å². The van der Waals surface area contributed by atoms with E-state index >= 15 is 0 Å². The first-order valence-corrected chi connectivity index (χ1v) is 10.9. The minimum Gasteiger partial charge on any atom is -0.432 e. The van der Waals surface area contributed by atoms with Crippen molar-refractivity contribution in [1.82, 2.24) is 0 Å². The SMILES string of the molecule is CCCC1CCC(C2CCC(C(F)(F)Oc3cc(F)c(F)c(F)c3C)CC2)CC1. The molecule has 29 heavy (non-hydrogen) atoms. The molecule has 0 bridgehead atoms. The normalized spacial score (nSPS) is 28.4. The monoisotopic (exact) mass is 418 g/mol. The molecule has 0 spiro atoms. The van der Waals surface area contributed by atoms with Crippen molar-refractivity contribution in [1.29, 1.82) is 0 Å². The standard InChI is InChI=1S/C23H31F5O/c1-3-4-15-5-7-16(8-6-15)17-9-11-18(12-10-17)23(27,28)29-20-13-19(24)22(26)21(25)14(20)2/h13,15-18H,3-12H2,1-2H3. The topological polar surface area (TPSA) is 9.23 Å². The van der Waals surface area contributed by atoms with E-state index in [1.165, 1.54) is 38.5 Å². The lowest BCUT2D eigenvalue weighted by atomic mass is 9.68. The highest BCUT2D eigenvalue weighted by molar-refractivity contribution is 5.35. The molecule has 0 unspecified atom stereocenters. The molecule has 0 atom stereocenters. The van der Waals surface area contributed by atoms with E-state index in [0.717, 1.165) is 25.7 Å². The molecule has 164 valence electrons. The van der Waals surface area contributed by atoms with Crippen molar-refractivity contribution in [3.8, 4) is 5.75 Å². The van der Waals surface area contributed by atoms with Crippen LogP contribution in [-0.2, 0) is 0 Å². The molecular formula is C23H31F5O. The maximum Gasteiger partial charge on any atom is 0.400 e. The first kappa shape index (κ1) is 22.4. The molecule has 0 N–H and O–H groups in total. The molecule has 3 rings (SSSR count). The van der Waals surface area contributed by atoms with Crippen LogP contribution in [0.2, 0.25) is 0 Å². The van der Waals surface area contributed by atoms with Crippen molar-refractivity contribution in [3.05, 3.63) is 29.1 Å². The van der Waals surface area contributed by atoms with Crippen LogP contribution in [0, 0.1) is 48.0 Å². The lowest BCUT2D eigenvalue weighted by molar-refractivity contribution is -0.224. The molecule has 6 heteroatoms. The summed E-state index contributed by atoms with van der Waals surface area (Å²) >= 11 is 0. The van der Waals surface area contributed by atoms with Gasteiger partial charge in [0.15, 0.2) is 17.5 Å². The van der Waals surface area contributed by atoms with E-state index in [0.29, 0.717) is 30.7 Å². The number of hydrogen-bond donors (Lipinski definition) is 0. The van der Waals surface area contributed by atoms with Crippen molar-refractivity contribution in [2.75, 3.05) is 0 Å². The zero-order valence-corrected chi connectivity index (χ0v) is 17.3. The lowest BCUT2D eigenvalue weighted by Crippen LogP contribution is -2.38. The summed E-state index contributed by atoms with van der Waals surface area (Å²) in [6, 6.07) is 0.502. The molecule has 2 aliphatic rings. The number of rotatable bonds is 6. The van der Waals surface area contributed by atoms with Crippen molar-refractivity contribution < 1.29 is 26.7 Å². The van der Waals surface area contributed by atoms with Gasteiger partial charge in [-0.25, -0.2) is 13.2 Å². The fourth-order valence-corrected chi connectivity index (χ4v) is 5.28. The summed E-state index contributed by atoms with van der Waals surface area (Å²) in [4.78, 5) is 0. The average molecular weight is 418 g/mol. The minimum absolute atomic E-state index is 0.331. The lowest BCUT2D eigenvalue weighted by Gasteiger charge is -2.39. The average Bonchev–Trinajstić information content (AvgIpc) is 2.71. The number of halogens is 5. The van der Waals surface area contributed by atoms with E-state index in [4.69, 9.17) is 4.74 Å². The summed E-state index contributed by atoms with van der Waals surface area (Å²) < 4.78 is 74.4. The predicted octanol–water partition coefficient (Wildman–Crippen LogP) is 7.80. The summed E-state index contributed by atoms with van der Waals surface area (Å²) in [7, 11) is 0. The summed E-state index contributed by atoms with van der Waals surface area (Å²) in [5.41, 5.74) is -0.443. The molecule has 2 saturated carbocycles. The van der Waals surface area contributed by atoms with Gasteiger partial charge in [0.1, 0.15) is 5.75 Å². The van der Waals surface area contributed by atoms with Gasteiger partial charge in [0.25, 0.3) is 0 Å². The molecular weight excluding hydrogens is 387 g/mol. The third-order valence-corrected chi connectivity index (χ3v) is 7.11. The molecule has 0 saturated heterocycles. The van der Waals surface area contributed by atoms with E-state index in [-0.39, 0.29) is 0 Å². The molecule has 1 nitrogen and oxygen atoms in total. The molecule has 2 fully saturated rings. The Balaban J connectivity index is 1.56. The fraction of sp³-hybridized carbons (Fsp3) is 0.739. The van der Waals surface area contributed by atoms with Crippen molar-refractivity contribution >= 4 is 0 Å². The number of benzene rings is 1. The van der Waals surface area contributed by atoms with Crippen LogP contribution in [0.1, 0.15) is 76.7 Å². The van der Waals surface area contributed by atoms with Gasteiger partial charge in [-0.1, -0.05) is 32.6 Å². The molecule has 0 amide bonds.